The van der Waals surface area contributed by atoms with Gasteiger partial charge in [0.05, 0.1) is 12.2 Å². The molecule has 6 aliphatic rings. The molecule has 0 amide bonds. The van der Waals surface area contributed by atoms with Crippen LogP contribution in [-0.4, -0.2) is 22.9 Å². The fourth-order valence-electron chi connectivity index (χ4n) is 11.7. The van der Waals surface area contributed by atoms with Gasteiger partial charge in [0.2, 0.25) is 0 Å². The first kappa shape index (κ1) is 22.4. The molecule has 1 heterocycles. The number of ether oxygens (including phenoxy) is 1. The van der Waals surface area contributed by atoms with Crippen LogP contribution in [0.4, 0.5) is 0 Å². The predicted octanol–water partition coefficient (Wildman–Crippen LogP) is 7.38. The van der Waals surface area contributed by atoms with E-state index >= 15 is 0 Å². The van der Waals surface area contributed by atoms with Crippen molar-refractivity contribution < 1.29 is 9.84 Å². The molecule has 5 aliphatic carbocycles. The third-order valence-electron chi connectivity index (χ3n) is 14.0. The highest BCUT2D eigenvalue weighted by Gasteiger charge is 2.84. The SMILES string of the molecule is CC1(C)CC[C@]2(C)CC[C@]3(C)[C@@]4(O[C@@H]4C[C@@H]4[C@@]5(C)CC[C@H](O)C(C)(C)[C@@H]5CC[C@]43C)[C@@H]2C1. The van der Waals surface area contributed by atoms with E-state index in [-0.39, 0.29) is 17.1 Å². The summed E-state index contributed by atoms with van der Waals surface area (Å²) in [6.45, 7) is 20.4. The summed E-state index contributed by atoms with van der Waals surface area (Å²) in [6, 6.07) is 0. The molecule has 0 aromatic rings. The first-order valence-electron chi connectivity index (χ1n) is 14.0. The molecule has 6 fully saturated rings. The molecule has 0 bridgehead atoms. The van der Waals surface area contributed by atoms with Gasteiger partial charge in [-0.3, -0.25) is 0 Å². The Morgan fingerprint density at radius 2 is 1.41 bits per heavy atom. The van der Waals surface area contributed by atoms with Crippen LogP contribution < -0.4 is 0 Å². The Hall–Kier alpha value is -0.0800. The Bertz CT molecular complexity index is 831. The Morgan fingerprint density at radius 3 is 2.12 bits per heavy atom. The first-order chi connectivity index (χ1) is 14.7. The number of hydrogen-bond acceptors (Lipinski definition) is 2. The summed E-state index contributed by atoms with van der Waals surface area (Å²) in [7, 11) is 0. The van der Waals surface area contributed by atoms with Crippen LogP contribution in [-0.2, 0) is 4.74 Å². The molecule has 182 valence electrons. The fourth-order valence-corrected chi connectivity index (χ4v) is 11.7. The monoisotopic (exact) mass is 442 g/mol. The van der Waals surface area contributed by atoms with Crippen molar-refractivity contribution in [3.8, 4) is 0 Å². The molecule has 0 radical (unpaired) electrons. The van der Waals surface area contributed by atoms with Gasteiger partial charge in [0, 0.05) is 5.41 Å². The van der Waals surface area contributed by atoms with Gasteiger partial charge in [-0.15, -0.1) is 0 Å². The molecule has 2 nitrogen and oxygen atoms in total. The summed E-state index contributed by atoms with van der Waals surface area (Å²) in [5.74, 6) is 2.09. The fraction of sp³-hybridized carbons (Fsp3) is 1.00. The van der Waals surface area contributed by atoms with Crippen molar-refractivity contribution in [1.29, 1.82) is 0 Å². The number of fused-ring (bicyclic) bond motifs is 5. The zero-order valence-electron chi connectivity index (χ0n) is 22.3. The number of rotatable bonds is 0. The van der Waals surface area contributed by atoms with Gasteiger partial charge in [0.15, 0.2) is 0 Å². The molecule has 5 saturated carbocycles. The maximum absolute atomic E-state index is 10.9. The molecule has 1 saturated heterocycles. The van der Waals surface area contributed by atoms with Gasteiger partial charge in [-0.1, -0.05) is 55.4 Å². The van der Waals surface area contributed by atoms with Gasteiger partial charge >= 0.3 is 0 Å². The Labute approximate surface area is 197 Å². The largest absolute Gasteiger partial charge is 0.393 e. The van der Waals surface area contributed by atoms with Crippen molar-refractivity contribution >= 4 is 0 Å². The van der Waals surface area contributed by atoms with Gasteiger partial charge < -0.3 is 9.84 Å². The average molecular weight is 443 g/mol. The number of epoxide rings is 1. The standard InChI is InChI=1S/C30H50O2/c1-24(2)13-14-26(5)15-16-29(8)28(7)12-9-19-25(3,4)22(31)10-11-27(19,6)20(28)17-23-30(29,32-23)21(26)18-24/h19-23,31H,9-18H2,1-8H3/t19-,20+,21+,22-,23+,26+,27-,28+,29-,30+/m0/s1. The van der Waals surface area contributed by atoms with Gasteiger partial charge in [-0.25, -0.2) is 0 Å². The molecule has 2 heteroatoms. The molecular weight excluding hydrogens is 392 g/mol. The quantitative estimate of drug-likeness (QED) is 0.397. The third kappa shape index (κ3) is 2.32. The van der Waals surface area contributed by atoms with Crippen molar-refractivity contribution in [2.45, 2.75) is 137 Å². The minimum atomic E-state index is -0.139. The molecule has 10 atom stereocenters. The van der Waals surface area contributed by atoms with E-state index in [2.05, 4.69) is 55.4 Å². The summed E-state index contributed by atoms with van der Waals surface area (Å²) < 4.78 is 7.11. The van der Waals surface area contributed by atoms with Crippen molar-refractivity contribution in [1.82, 2.24) is 0 Å². The summed E-state index contributed by atoms with van der Waals surface area (Å²) in [4.78, 5) is 0. The first-order valence-corrected chi connectivity index (χ1v) is 14.0. The van der Waals surface area contributed by atoms with Crippen LogP contribution in [0, 0.1) is 50.2 Å². The lowest BCUT2D eigenvalue weighted by atomic mass is 9.31. The predicted molar refractivity (Wildman–Crippen MR) is 130 cm³/mol. The Morgan fingerprint density at radius 1 is 0.719 bits per heavy atom. The molecule has 0 unspecified atom stereocenters. The summed E-state index contributed by atoms with van der Waals surface area (Å²) in [5, 5.41) is 10.9. The Kier molecular flexibility index (Phi) is 4.20. The minimum absolute atomic E-state index is 0.0344. The van der Waals surface area contributed by atoms with Crippen LogP contribution in [0.1, 0.15) is 120 Å². The van der Waals surface area contributed by atoms with E-state index in [1.165, 1.54) is 57.8 Å². The highest BCUT2D eigenvalue weighted by molar-refractivity contribution is 5.31. The number of aliphatic hydroxyl groups is 1. The molecule has 1 aliphatic heterocycles. The molecular formula is C30H50O2. The van der Waals surface area contributed by atoms with Crippen LogP contribution in [0.25, 0.3) is 0 Å². The van der Waals surface area contributed by atoms with Crippen LogP contribution in [0.15, 0.2) is 0 Å². The van der Waals surface area contributed by atoms with Gasteiger partial charge in [-0.2, -0.15) is 0 Å². The molecule has 1 spiro atoms. The topological polar surface area (TPSA) is 32.8 Å². The number of aliphatic hydroxyl groups excluding tert-OH is 1. The van der Waals surface area contributed by atoms with Crippen molar-refractivity contribution in [2.24, 2.45) is 50.2 Å². The Balaban J connectivity index is 1.43. The molecule has 0 aromatic heterocycles. The van der Waals surface area contributed by atoms with Crippen LogP contribution in [0.3, 0.4) is 0 Å². The minimum Gasteiger partial charge on any atom is -0.393 e. The van der Waals surface area contributed by atoms with Gasteiger partial charge in [0.1, 0.15) is 5.60 Å². The van der Waals surface area contributed by atoms with Gasteiger partial charge in [-0.05, 0) is 109 Å². The van der Waals surface area contributed by atoms with Crippen LogP contribution >= 0.6 is 0 Å². The summed E-state index contributed by atoms with van der Waals surface area (Å²) >= 11 is 0. The number of hydrogen-bond donors (Lipinski definition) is 1. The van der Waals surface area contributed by atoms with E-state index in [0.717, 1.165) is 18.3 Å². The summed E-state index contributed by atoms with van der Waals surface area (Å²) in [6.07, 6.45) is 13.3. The maximum atomic E-state index is 10.9. The molecule has 1 N–H and O–H groups in total. The van der Waals surface area contributed by atoms with E-state index < -0.39 is 0 Å². The summed E-state index contributed by atoms with van der Waals surface area (Å²) in [5.41, 5.74) is 2.08. The maximum Gasteiger partial charge on any atom is 0.104 e. The van der Waals surface area contributed by atoms with E-state index in [4.69, 9.17) is 4.74 Å². The zero-order valence-corrected chi connectivity index (χ0v) is 22.3. The lowest BCUT2D eigenvalue weighted by Crippen LogP contribution is -2.70. The second-order valence-electron chi connectivity index (χ2n) is 16.0. The normalized spacial score (nSPS) is 62.0. The van der Waals surface area contributed by atoms with E-state index in [9.17, 15) is 5.11 Å². The van der Waals surface area contributed by atoms with Crippen LogP contribution in [0.2, 0.25) is 0 Å². The van der Waals surface area contributed by atoms with Crippen LogP contribution in [0.5, 0.6) is 0 Å². The van der Waals surface area contributed by atoms with Crippen molar-refractivity contribution in [3.63, 3.8) is 0 Å². The third-order valence-corrected chi connectivity index (χ3v) is 14.0. The molecule has 0 aromatic carbocycles. The average Bonchev–Trinajstić information content (AvgIpc) is 3.43. The second kappa shape index (κ2) is 6.00. The highest BCUT2D eigenvalue weighted by atomic mass is 16.6. The highest BCUT2D eigenvalue weighted by Crippen LogP contribution is 2.83. The smallest absolute Gasteiger partial charge is 0.104 e. The molecule has 32 heavy (non-hydrogen) atoms. The lowest BCUT2D eigenvalue weighted by Gasteiger charge is -2.72. The lowest BCUT2D eigenvalue weighted by molar-refractivity contribution is -0.242. The van der Waals surface area contributed by atoms with Crippen molar-refractivity contribution in [3.05, 3.63) is 0 Å². The van der Waals surface area contributed by atoms with E-state index in [0.29, 0.717) is 39.1 Å². The zero-order chi connectivity index (χ0) is 23.2. The molecule has 6 rings (SSSR count). The van der Waals surface area contributed by atoms with E-state index in [1.54, 1.807) is 0 Å². The van der Waals surface area contributed by atoms with Gasteiger partial charge in [0.25, 0.3) is 0 Å². The van der Waals surface area contributed by atoms with E-state index in [1.807, 2.05) is 0 Å². The van der Waals surface area contributed by atoms with Crippen molar-refractivity contribution in [2.75, 3.05) is 0 Å². The second-order valence-corrected chi connectivity index (χ2v) is 16.0.